The van der Waals surface area contributed by atoms with Crippen molar-refractivity contribution in [2.24, 2.45) is 0 Å². The van der Waals surface area contributed by atoms with Crippen LogP contribution in [0.25, 0.3) is 0 Å². The number of benzene rings is 1. The van der Waals surface area contributed by atoms with Gasteiger partial charge in [-0.1, -0.05) is 0 Å². The van der Waals surface area contributed by atoms with Gasteiger partial charge in [0, 0.05) is 6.07 Å². The third kappa shape index (κ3) is 2.87. The summed E-state index contributed by atoms with van der Waals surface area (Å²) < 4.78 is 0. The van der Waals surface area contributed by atoms with E-state index in [1.807, 2.05) is 0 Å². The highest BCUT2D eigenvalue weighted by molar-refractivity contribution is 6.05. The lowest BCUT2D eigenvalue weighted by Gasteiger charge is -2.39. The zero-order valence-corrected chi connectivity index (χ0v) is 11.7. The summed E-state index contributed by atoms with van der Waals surface area (Å²) in [6.45, 7) is 2.95. The first-order valence-corrected chi connectivity index (χ1v) is 6.36. The predicted molar refractivity (Wildman–Crippen MR) is 72.9 cm³/mol. The van der Waals surface area contributed by atoms with Crippen molar-refractivity contribution in [3.63, 3.8) is 0 Å². The molecule has 1 heterocycles. The molecule has 0 radical (unpaired) electrons. The maximum atomic E-state index is 12.2. The van der Waals surface area contributed by atoms with Gasteiger partial charge in [0.1, 0.15) is 11.5 Å². The second-order valence-corrected chi connectivity index (χ2v) is 5.42. The second kappa shape index (κ2) is 5.17. The van der Waals surface area contributed by atoms with Crippen LogP contribution in [0, 0.1) is 0 Å². The van der Waals surface area contributed by atoms with E-state index >= 15 is 0 Å². The van der Waals surface area contributed by atoms with Crippen molar-refractivity contribution in [1.29, 1.82) is 0 Å². The van der Waals surface area contributed by atoms with Crippen molar-refractivity contribution in [2.75, 3.05) is 13.1 Å². The summed E-state index contributed by atoms with van der Waals surface area (Å²) in [6, 6.07) is 3.64. The van der Waals surface area contributed by atoms with Gasteiger partial charge in [-0.05, 0) is 26.0 Å². The van der Waals surface area contributed by atoms with Crippen LogP contribution in [0.5, 0.6) is 11.5 Å². The maximum absolute atomic E-state index is 12.2. The number of aromatic hydroxyl groups is 2. The molecule has 1 aromatic carbocycles. The number of hydrogen-bond acceptors (Lipinski definition) is 6. The second-order valence-electron chi connectivity index (χ2n) is 5.42. The summed E-state index contributed by atoms with van der Waals surface area (Å²) in [5.41, 5.74) is -0.974. The van der Waals surface area contributed by atoms with Crippen LogP contribution in [0.2, 0.25) is 0 Å². The Balaban J connectivity index is 2.21. The summed E-state index contributed by atoms with van der Waals surface area (Å²) in [5, 5.41) is 21.1. The third-order valence-corrected chi connectivity index (χ3v) is 3.55. The van der Waals surface area contributed by atoms with Crippen LogP contribution < -0.4 is 5.32 Å². The Hall–Kier alpha value is -2.41. The Bertz CT molecular complexity index is 624. The number of nitrogens with one attached hydrogen (secondary N) is 1. The molecular weight excluding hydrogens is 276 g/mol. The van der Waals surface area contributed by atoms with Gasteiger partial charge in [0.15, 0.2) is 5.78 Å². The van der Waals surface area contributed by atoms with Crippen LogP contribution in [0.15, 0.2) is 18.2 Å². The first kappa shape index (κ1) is 15.0. The van der Waals surface area contributed by atoms with E-state index in [-0.39, 0.29) is 30.2 Å². The average molecular weight is 292 g/mol. The minimum Gasteiger partial charge on any atom is -0.508 e. The summed E-state index contributed by atoms with van der Waals surface area (Å²) in [4.78, 5) is 36.9. The number of amides is 2. The Kier molecular flexibility index (Phi) is 3.69. The minimum atomic E-state index is -1.00. The fourth-order valence-corrected chi connectivity index (χ4v) is 2.10. The maximum Gasteiger partial charge on any atom is 0.246 e. The number of phenols is 2. The van der Waals surface area contributed by atoms with Gasteiger partial charge in [-0.3, -0.25) is 24.6 Å². The van der Waals surface area contributed by atoms with Gasteiger partial charge in [0.05, 0.1) is 24.2 Å². The lowest BCUT2D eigenvalue weighted by molar-refractivity contribution is -0.144. The number of ketones is 1. The van der Waals surface area contributed by atoms with Gasteiger partial charge in [-0.15, -0.1) is 0 Å². The molecule has 0 aliphatic carbocycles. The molecule has 1 aliphatic rings. The van der Waals surface area contributed by atoms with Gasteiger partial charge in [0.2, 0.25) is 11.8 Å². The molecule has 0 bridgehead atoms. The monoisotopic (exact) mass is 292 g/mol. The number of carbonyl (C=O) groups excluding carboxylic acids is 3. The van der Waals surface area contributed by atoms with Crippen LogP contribution >= 0.6 is 0 Å². The van der Waals surface area contributed by atoms with Crippen LogP contribution in [0.3, 0.4) is 0 Å². The molecule has 1 saturated heterocycles. The van der Waals surface area contributed by atoms with Gasteiger partial charge >= 0.3 is 0 Å². The van der Waals surface area contributed by atoms with Crippen molar-refractivity contribution in [3.05, 3.63) is 23.8 Å². The number of phenolic OH excluding ortho intramolecular Hbond substituents is 2. The van der Waals surface area contributed by atoms with Crippen LogP contribution in [-0.2, 0) is 9.59 Å². The van der Waals surface area contributed by atoms with Gasteiger partial charge in [0.25, 0.3) is 0 Å². The fraction of sp³-hybridized carbons (Fsp3) is 0.357. The average Bonchev–Trinajstić information content (AvgIpc) is 2.35. The Morgan fingerprint density at radius 1 is 1.33 bits per heavy atom. The molecule has 3 N–H and O–H groups in total. The number of piperazine rings is 1. The van der Waals surface area contributed by atoms with Crippen molar-refractivity contribution < 1.29 is 24.6 Å². The smallest absolute Gasteiger partial charge is 0.246 e. The highest BCUT2D eigenvalue weighted by Crippen LogP contribution is 2.25. The summed E-state index contributed by atoms with van der Waals surface area (Å²) >= 11 is 0. The largest absolute Gasteiger partial charge is 0.508 e. The molecule has 0 unspecified atom stereocenters. The highest BCUT2D eigenvalue weighted by atomic mass is 16.3. The molecule has 0 atom stereocenters. The molecule has 1 aromatic rings. The highest BCUT2D eigenvalue weighted by Gasteiger charge is 2.41. The molecule has 0 saturated carbocycles. The molecule has 0 spiro atoms. The van der Waals surface area contributed by atoms with E-state index in [1.54, 1.807) is 13.8 Å². The first-order chi connectivity index (χ1) is 9.71. The van der Waals surface area contributed by atoms with Gasteiger partial charge in [-0.25, -0.2) is 0 Å². The number of Topliss-reactive ketones (excluding diaryl/α,β-unsaturated/α-hetero) is 1. The van der Waals surface area contributed by atoms with E-state index in [9.17, 15) is 24.6 Å². The fourth-order valence-electron chi connectivity index (χ4n) is 2.10. The molecular formula is C14H16N2O5. The van der Waals surface area contributed by atoms with Crippen molar-refractivity contribution in [2.45, 2.75) is 19.4 Å². The minimum absolute atomic E-state index is 0.0297. The molecule has 1 fully saturated rings. The van der Waals surface area contributed by atoms with E-state index in [1.165, 1.54) is 17.0 Å². The zero-order chi connectivity index (χ0) is 15.8. The van der Waals surface area contributed by atoms with Crippen LogP contribution in [-0.4, -0.2) is 51.3 Å². The molecule has 2 amide bonds. The topological polar surface area (TPSA) is 107 Å². The van der Waals surface area contributed by atoms with E-state index in [4.69, 9.17) is 0 Å². The first-order valence-electron chi connectivity index (χ1n) is 6.36. The summed E-state index contributed by atoms with van der Waals surface area (Å²) in [5.74, 6) is -1.88. The number of carbonyl (C=O) groups is 3. The van der Waals surface area contributed by atoms with Gasteiger partial charge in [-0.2, -0.15) is 0 Å². The van der Waals surface area contributed by atoms with Crippen LogP contribution in [0.1, 0.15) is 24.2 Å². The Morgan fingerprint density at radius 3 is 2.62 bits per heavy atom. The van der Waals surface area contributed by atoms with Gasteiger partial charge < -0.3 is 10.2 Å². The normalized spacial score (nSPS) is 18.4. The lowest BCUT2D eigenvalue weighted by Crippen LogP contribution is -2.64. The molecule has 0 aromatic heterocycles. The van der Waals surface area contributed by atoms with Crippen molar-refractivity contribution in [1.82, 2.24) is 10.2 Å². The van der Waals surface area contributed by atoms with Crippen LogP contribution in [0.4, 0.5) is 0 Å². The quantitative estimate of drug-likeness (QED) is 0.535. The molecule has 1 aliphatic heterocycles. The molecule has 7 heteroatoms. The van der Waals surface area contributed by atoms with E-state index in [0.29, 0.717) is 0 Å². The summed E-state index contributed by atoms with van der Waals surface area (Å²) in [7, 11) is 0. The third-order valence-electron chi connectivity index (χ3n) is 3.55. The lowest BCUT2D eigenvalue weighted by atomic mass is 9.97. The predicted octanol–water partition coefficient (Wildman–Crippen LogP) is 0.0175. The van der Waals surface area contributed by atoms with Crippen molar-refractivity contribution >= 4 is 17.6 Å². The summed E-state index contributed by atoms with van der Waals surface area (Å²) in [6.07, 6.45) is 0. The molecule has 7 nitrogen and oxygen atoms in total. The van der Waals surface area contributed by atoms with E-state index in [2.05, 4.69) is 5.32 Å². The molecule has 112 valence electrons. The Labute approximate surface area is 121 Å². The van der Waals surface area contributed by atoms with E-state index in [0.717, 1.165) is 6.07 Å². The molecule has 21 heavy (non-hydrogen) atoms. The number of imide groups is 1. The Morgan fingerprint density at radius 2 is 2.00 bits per heavy atom. The number of hydrogen-bond donors (Lipinski definition) is 3. The standard InChI is InChI=1S/C14H16N2O5/c1-14(2)13(21)15-12(20)7-16(14)6-11(19)9-4-3-8(17)5-10(9)18/h3-5,17-18H,6-7H2,1-2H3,(H,15,20,21). The van der Waals surface area contributed by atoms with Crippen molar-refractivity contribution in [3.8, 4) is 11.5 Å². The zero-order valence-electron chi connectivity index (χ0n) is 11.7. The molecule has 2 rings (SSSR count). The SMILES string of the molecule is CC1(C)C(=O)NC(=O)CN1CC(=O)c1ccc(O)cc1O. The number of rotatable bonds is 3. The van der Waals surface area contributed by atoms with E-state index < -0.39 is 23.1 Å². The number of nitrogens with zero attached hydrogens (tertiary/aromatic N) is 1.